The Morgan fingerprint density at radius 3 is 2.18 bits per heavy atom. The Kier molecular flexibility index (Phi) is 6.02. The topological polar surface area (TPSA) is 74.8 Å². The van der Waals surface area contributed by atoms with Crippen molar-refractivity contribution >= 4 is 33.1 Å². The average molecular weight is 421 g/mol. The molecule has 2 heterocycles. The van der Waals surface area contributed by atoms with Gasteiger partial charge >= 0.3 is 0 Å². The molecule has 0 atom stereocenters. The van der Waals surface area contributed by atoms with E-state index in [1.54, 1.807) is 4.90 Å². The number of thiophene rings is 1. The van der Waals surface area contributed by atoms with Gasteiger partial charge in [-0.15, -0.1) is 11.3 Å². The van der Waals surface area contributed by atoms with Gasteiger partial charge in [-0.2, -0.15) is 4.31 Å². The molecule has 0 aliphatic carbocycles. The Morgan fingerprint density at radius 1 is 1.07 bits per heavy atom. The lowest BCUT2D eigenvalue weighted by molar-refractivity contribution is 0.0702. The van der Waals surface area contributed by atoms with Crippen LogP contribution in [-0.4, -0.2) is 55.5 Å². The Bertz CT molecular complexity index is 986. The van der Waals surface area contributed by atoms with Crippen molar-refractivity contribution in [1.82, 2.24) is 9.21 Å². The van der Waals surface area contributed by atoms with Crippen LogP contribution in [0.1, 0.15) is 44.3 Å². The van der Waals surface area contributed by atoms with Gasteiger partial charge < -0.3 is 4.90 Å². The molecule has 1 aliphatic heterocycles. The van der Waals surface area contributed by atoms with Crippen LogP contribution in [0.3, 0.4) is 0 Å². The highest BCUT2D eigenvalue weighted by molar-refractivity contribution is 7.89. The zero-order chi connectivity index (χ0) is 20.5. The molecule has 1 fully saturated rings. The van der Waals surface area contributed by atoms with E-state index in [1.807, 2.05) is 13.0 Å². The second kappa shape index (κ2) is 8.14. The lowest BCUT2D eigenvalue weighted by atomic mass is 10.2. The highest BCUT2D eigenvalue weighted by Crippen LogP contribution is 2.25. The van der Waals surface area contributed by atoms with E-state index in [0.717, 1.165) is 12.0 Å². The van der Waals surface area contributed by atoms with Crippen molar-refractivity contribution in [2.45, 2.75) is 32.1 Å². The number of Topliss-reactive ketones (excluding diaryl/α,β-unsaturated/α-hetero) is 1. The van der Waals surface area contributed by atoms with E-state index in [1.165, 1.54) is 51.7 Å². The van der Waals surface area contributed by atoms with E-state index in [4.69, 9.17) is 0 Å². The largest absolute Gasteiger partial charge is 0.335 e. The third kappa shape index (κ3) is 4.04. The van der Waals surface area contributed by atoms with Crippen LogP contribution in [0.4, 0.5) is 0 Å². The molecule has 1 aliphatic rings. The van der Waals surface area contributed by atoms with Crippen LogP contribution in [0.2, 0.25) is 0 Å². The monoisotopic (exact) mass is 420 g/mol. The minimum atomic E-state index is -3.64. The molecule has 2 aromatic rings. The van der Waals surface area contributed by atoms with E-state index in [9.17, 15) is 18.0 Å². The van der Waals surface area contributed by atoms with E-state index < -0.39 is 10.0 Å². The number of rotatable bonds is 5. The number of sulfonamides is 1. The Balaban J connectivity index is 1.68. The third-order valence-corrected chi connectivity index (χ3v) is 8.26. The number of carbonyl (C=O) groups excluding carboxylic acids is 2. The van der Waals surface area contributed by atoms with Crippen LogP contribution >= 0.6 is 11.3 Å². The van der Waals surface area contributed by atoms with Crippen LogP contribution in [-0.2, 0) is 16.4 Å². The van der Waals surface area contributed by atoms with Crippen LogP contribution < -0.4 is 0 Å². The average Bonchev–Trinajstić information content (AvgIpc) is 3.08. The number of hydrogen-bond acceptors (Lipinski definition) is 5. The van der Waals surface area contributed by atoms with Gasteiger partial charge in [-0.3, -0.25) is 9.59 Å². The Hall–Kier alpha value is -2.03. The quantitative estimate of drug-likeness (QED) is 0.697. The first-order valence-electron chi connectivity index (χ1n) is 9.23. The summed E-state index contributed by atoms with van der Waals surface area (Å²) in [6, 6.07) is 7.90. The summed E-state index contributed by atoms with van der Waals surface area (Å²) < 4.78 is 27.1. The fourth-order valence-electron chi connectivity index (χ4n) is 3.27. The molecule has 150 valence electrons. The number of hydrogen-bond donors (Lipinski definition) is 0. The van der Waals surface area contributed by atoms with Crippen molar-refractivity contribution in [2.24, 2.45) is 0 Å². The van der Waals surface area contributed by atoms with E-state index in [-0.39, 0.29) is 29.7 Å². The predicted octanol–water partition coefficient (Wildman–Crippen LogP) is 2.97. The molecule has 0 bridgehead atoms. The van der Waals surface area contributed by atoms with Gasteiger partial charge in [-0.05, 0) is 44.0 Å². The first-order chi connectivity index (χ1) is 13.2. The molecule has 28 heavy (non-hydrogen) atoms. The smallest absolute Gasteiger partial charge is 0.264 e. The summed E-state index contributed by atoms with van der Waals surface area (Å²) in [6.07, 6.45) is 0.901. The number of carbonyl (C=O) groups is 2. The molecular weight excluding hydrogens is 396 g/mol. The molecule has 1 saturated heterocycles. The molecule has 1 amide bonds. The highest BCUT2D eigenvalue weighted by Gasteiger charge is 2.31. The maximum Gasteiger partial charge on any atom is 0.264 e. The number of piperazine rings is 1. The fourth-order valence-corrected chi connectivity index (χ4v) is 5.78. The summed E-state index contributed by atoms with van der Waals surface area (Å²) in [5.41, 5.74) is 1.61. The van der Waals surface area contributed by atoms with E-state index in [0.29, 0.717) is 23.5 Å². The highest BCUT2D eigenvalue weighted by atomic mass is 32.2. The van der Waals surface area contributed by atoms with Crippen molar-refractivity contribution < 1.29 is 18.0 Å². The molecule has 3 rings (SSSR count). The first kappa shape index (κ1) is 20.7. The normalized spacial score (nSPS) is 15.6. The van der Waals surface area contributed by atoms with Gasteiger partial charge in [-0.25, -0.2) is 8.42 Å². The summed E-state index contributed by atoms with van der Waals surface area (Å²) in [5, 5.41) is 0. The third-order valence-electron chi connectivity index (χ3n) is 4.98. The molecule has 1 aromatic carbocycles. The number of benzene rings is 1. The SMILES string of the molecule is CCc1sc(C(=O)N2CCN(S(=O)(=O)c3ccc(C(C)=O)cc3)CC2)cc1C. The first-order valence-corrected chi connectivity index (χ1v) is 11.5. The van der Waals surface area contributed by atoms with Crippen LogP contribution in [0.5, 0.6) is 0 Å². The lowest BCUT2D eigenvalue weighted by Gasteiger charge is -2.33. The molecule has 1 aromatic heterocycles. The molecule has 0 saturated carbocycles. The van der Waals surface area contributed by atoms with E-state index in [2.05, 4.69) is 6.92 Å². The standard InChI is InChI=1S/C20H24N2O4S2/c1-4-18-14(2)13-19(27-18)20(24)21-9-11-22(12-10-21)28(25,26)17-7-5-16(6-8-17)15(3)23/h5-8,13H,4,9-12H2,1-3H3. The second-order valence-electron chi connectivity index (χ2n) is 6.85. The molecule has 0 unspecified atom stereocenters. The minimum absolute atomic E-state index is 0.0318. The predicted molar refractivity (Wildman–Crippen MR) is 110 cm³/mol. The van der Waals surface area contributed by atoms with Gasteiger partial charge in [0.05, 0.1) is 9.77 Å². The second-order valence-corrected chi connectivity index (χ2v) is 9.92. The van der Waals surface area contributed by atoms with Gasteiger partial charge in [0.25, 0.3) is 5.91 Å². The Morgan fingerprint density at radius 2 is 1.68 bits per heavy atom. The number of nitrogens with zero attached hydrogens (tertiary/aromatic N) is 2. The van der Waals surface area contributed by atoms with Crippen LogP contribution in [0.25, 0.3) is 0 Å². The molecule has 0 spiro atoms. The van der Waals surface area contributed by atoms with Crippen LogP contribution in [0.15, 0.2) is 35.2 Å². The van der Waals surface area contributed by atoms with Gasteiger partial charge in [0.15, 0.2) is 5.78 Å². The number of aryl methyl sites for hydroxylation is 2. The lowest BCUT2D eigenvalue weighted by Crippen LogP contribution is -2.50. The van der Waals surface area contributed by atoms with Crippen molar-refractivity contribution in [2.75, 3.05) is 26.2 Å². The van der Waals surface area contributed by atoms with Crippen molar-refractivity contribution in [3.05, 3.63) is 51.2 Å². The summed E-state index contributed by atoms with van der Waals surface area (Å²) in [6.45, 7) is 6.76. The maximum absolute atomic E-state index is 12.8. The zero-order valence-electron chi connectivity index (χ0n) is 16.3. The van der Waals surface area contributed by atoms with Crippen molar-refractivity contribution in [3.8, 4) is 0 Å². The van der Waals surface area contributed by atoms with Gasteiger partial charge in [0, 0.05) is 36.6 Å². The number of amides is 1. The minimum Gasteiger partial charge on any atom is -0.335 e. The summed E-state index contributed by atoms with van der Waals surface area (Å²) in [4.78, 5) is 27.9. The molecule has 8 heteroatoms. The van der Waals surface area contributed by atoms with Crippen molar-refractivity contribution in [3.63, 3.8) is 0 Å². The molecule has 0 N–H and O–H groups in total. The van der Waals surface area contributed by atoms with Crippen molar-refractivity contribution in [1.29, 1.82) is 0 Å². The van der Waals surface area contributed by atoms with E-state index >= 15 is 0 Å². The molecule has 6 nitrogen and oxygen atoms in total. The van der Waals surface area contributed by atoms with Gasteiger partial charge in [0.1, 0.15) is 0 Å². The molecular formula is C20H24N2O4S2. The maximum atomic E-state index is 12.8. The molecule has 0 radical (unpaired) electrons. The summed E-state index contributed by atoms with van der Waals surface area (Å²) in [5.74, 6) is -0.137. The Labute approximate surface area is 169 Å². The van der Waals surface area contributed by atoms with Gasteiger partial charge in [-0.1, -0.05) is 19.1 Å². The van der Waals surface area contributed by atoms with Gasteiger partial charge in [0.2, 0.25) is 10.0 Å². The zero-order valence-corrected chi connectivity index (χ0v) is 17.9. The fraction of sp³-hybridized carbons (Fsp3) is 0.400. The van der Waals surface area contributed by atoms with Crippen LogP contribution in [0, 0.1) is 6.92 Å². The summed E-state index contributed by atoms with van der Waals surface area (Å²) in [7, 11) is -3.64. The summed E-state index contributed by atoms with van der Waals surface area (Å²) >= 11 is 1.52. The number of ketones is 1.